The highest BCUT2D eigenvalue weighted by atomic mass is 16.7. The van der Waals surface area contributed by atoms with Gasteiger partial charge in [0.2, 0.25) is 6.29 Å². The first-order valence-corrected chi connectivity index (χ1v) is 5.46. The van der Waals surface area contributed by atoms with Crippen LogP contribution < -0.4 is 0 Å². The summed E-state index contributed by atoms with van der Waals surface area (Å²) in [5.74, 6) is -1.05. The molecular weight excluding hydrogens is 224 g/mol. The number of cyclic esters (lactones) is 1. The van der Waals surface area contributed by atoms with Gasteiger partial charge in [-0.1, -0.05) is 6.08 Å². The molecular formula is C12H14O5. The molecule has 1 saturated heterocycles. The van der Waals surface area contributed by atoms with Crippen molar-refractivity contribution in [2.45, 2.75) is 19.6 Å². The molecule has 5 heteroatoms. The highest BCUT2D eigenvalue weighted by Gasteiger charge is 2.41. The van der Waals surface area contributed by atoms with E-state index in [4.69, 9.17) is 14.2 Å². The minimum Gasteiger partial charge on any atom is -0.462 e. The summed E-state index contributed by atoms with van der Waals surface area (Å²) < 4.78 is 15.2. The number of esters is 2. The molecule has 92 valence electrons. The van der Waals surface area contributed by atoms with Crippen LogP contribution in [0.4, 0.5) is 0 Å². The van der Waals surface area contributed by atoms with Gasteiger partial charge < -0.3 is 14.2 Å². The molecule has 0 spiro atoms. The van der Waals surface area contributed by atoms with E-state index in [0.717, 1.165) is 0 Å². The molecule has 17 heavy (non-hydrogen) atoms. The SMILES string of the molecule is C=C[C@H]1[C@H](OC(C)=O)OC=C2C(=O)OCC[C@@H]21. The Morgan fingerprint density at radius 2 is 2.41 bits per heavy atom. The van der Waals surface area contributed by atoms with E-state index in [2.05, 4.69) is 6.58 Å². The van der Waals surface area contributed by atoms with Gasteiger partial charge in [-0.05, 0) is 6.42 Å². The van der Waals surface area contributed by atoms with Gasteiger partial charge in [0, 0.05) is 12.8 Å². The first-order valence-electron chi connectivity index (χ1n) is 5.46. The molecule has 0 bridgehead atoms. The van der Waals surface area contributed by atoms with Crippen molar-refractivity contribution in [3.8, 4) is 0 Å². The van der Waals surface area contributed by atoms with Crippen LogP contribution in [0.15, 0.2) is 24.5 Å². The minimum absolute atomic E-state index is 0.0492. The third-order valence-corrected chi connectivity index (χ3v) is 2.96. The zero-order chi connectivity index (χ0) is 12.4. The normalized spacial score (nSPS) is 31.5. The van der Waals surface area contributed by atoms with E-state index in [1.807, 2.05) is 0 Å². The predicted molar refractivity (Wildman–Crippen MR) is 57.5 cm³/mol. The lowest BCUT2D eigenvalue weighted by Gasteiger charge is -2.36. The van der Waals surface area contributed by atoms with Crippen molar-refractivity contribution in [2.75, 3.05) is 6.61 Å². The molecule has 2 aliphatic rings. The number of hydrogen-bond acceptors (Lipinski definition) is 5. The first-order chi connectivity index (χ1) is 8.13. The Hall–Kier alpha value is -1.78. The summed E-state index contributed by atoms with van der Waals surface area (Å²) >= 11 is 0. The fraction of sp³-hybridized carbons (Fsp3) is 0.500. The summed E-state index contributed by atoms with van der Waals surface area (Å²) in [7, 11) is 0. The average Bonchev–Trinajstić information content (AvgIpc) is 2.28. The third kappa shape index (κ3) is 2.18. The Morgan fingerprint density at radius 1 is 1.65 bits per heavy atom. The van der Waals surface area contributed by atoms with E-state index in [1.165, 1.54) is 13.2 Å². The molecule has 5 nitrogen and oxygen atoms in total. The Bertz CT molecular complexity index is 384. The second-order valence-corrected chi connectivity index (χ2v) is 4.03. The highest BCUT2D eigenvalue weighted by Crippen LogP contribution is 2.37. The van der Waals surface area contributed by atoms with E-state index < -0.39 is 12.3 Å². The van der Waals surface area contributed by atoms with Crippen LogP contribution in [0, 0.1) is 11.8 Å². The molecule has 0 saturated carbocycles. The Kier molecular flexibility index (Phi) is 3.17. The predicted octanol–water partition coefficient (Wildman–Crippen LogP) is 1.16. The van der Waals surface area contributed by atoms with Crippen molar-refractivity contribution in [3.63, 3.8) is 0 Å². The van der Waals surface area contributed by atoms with E-state index in [1.54, 1.807) is 6.08 Å². The maximum Gasteiger partial charge on any atom is 0.337 e. The summed E-state index contributed by atoms with van der Waals surface area (Å²) in [5.41, 5.74) is 0.490. The molecule has 0 unspecified atom stereocenters. The van der Waals surface area contributed by atoms with Crippen LogP contribution in [0.1, 0.15) is 13.3 Å². The molecule has 0 aromatic heterocycles. The summed E-state index contributed by atoms with van der Waals surface area (Å²) in [4.78, 5) is 22.5. The van der Waals surface area contributed by atoms with Gasteiger partial charge in [-0.25, -0.2) is 4.79 Å². The smallest absolute Gasteiger partial charge is 0.337 e. The number of carbonyl (C=O) groups excluding carboxylic acids is 2. The van der Waals surface area contributed by atoms with Crippen molar-refractivity contribution in [1.82, 2.24) is 0 Å². The average molecular weight is 238 g/mol. The van der Waals surface area contributed by atoms with Crippen molar-refractivity contribution >= 4 is 11.9 Å². The molecule has 0 aromatic rings. The van der Waals surface area contributed by atoms with Gasteiger partial charge in [0.05, 0.1) is 24.4 Å². The lowest BCUT2D eigenvalue weighted by Crippen LogP contribution is -2.40. The molecule has 1 fully saturated rings. The molecule has 0 aliphatic carbocycles. The second-order valence-electron chi connectivity index (χ2n) is 4.03. The highest BCUT2D eigenvalue weighted by molar-refractivity contribution is 5.89. The standard InChI is InChI=1S/C12H14O5/c1-3-8-9-4-5-15-11(14)10(9)6-16-12(8)17-7(2)13/h3,6,8-9,12H,1,4-5H2,2H3/t8-,9-,12+/m1/s1. The number of fused-ring (bicyclic) bond motifs is 1. The number of carbonyl (C=O) groups is 2. The topological polar surface area (TPSA) is 61.8 Å². The van der Waals surface area contributed by atoms with Crippen molar-refractivity contribution in [3.05, 3.63) is 24.5 Å². The van der Waals surface area contributed by atoms with E-state index in [-0.39, 0.29) is 17.8 Å². The zero-order valence-electron chi connectivity index (χ0n) is 9.55. The summed E-state index contributed by atoms with van der Waals surface area (Å²) in [6.07, 6.45) is 2.98. The van der Waals surface area contributed by atoms with Gasteiger partial charge in [0.25, 0.3) is 0 Å². The first kappa shape index (κ1) is 11.7. The van der Waals surface area contributed by atoms with Gasteiger partial charge in [-0.3, -0.25) is 4.79 Å². The molecule has 2 heterocycles. The fourth-order valence-electron chi connectivity index (χ4n) is 2.17. The summed E-state index contributed by atoms with van der Waals surface area (Å²) in [6, 6.07) is 0. The maximum absolute atomic E-state index is 11.5. The van der Waals surface area contributed by atoms with E-state index >= 15 is 0 Å². The van der Waals surface area contributed by atoms with E-state index in [9.17, 15) is 9.59 Å². The van der Waals surface area contributed by atoms with Gasteiger partial charge >= 0.3 is 11.9 Å². The van der Waals surface area contributed by atoms with Crippen LogP contribution >= 0.6 is 0 Å². The van der Waals surface area contributed by atoms with Gasteiger partial charge in [-0.15, -0.1) is 6.58 Å². The number of rotatable bonds is 2. The lowest BCUT2D eigenvalue weighted by atomic mass is 9.81. The molecule has 2 rings (SSSR count). The van der Waals surface area contributed by atoms with Crippen LogP contribution in [-0.4, -0.2) is 24.8 Å². The summed E-state index contributed by atoms with van der Waals surface area (Å²) in [6.45, 7) is 5.40. The van der Waals surface area contributed by atoms with Crippen LogP contribution in [0.3, 0.4) is 0 Å². The van der Waals surface area contributed by atoms with Gasteiger partial charge in [-0.2, -0.15) is 0 Å². The zero-order valence-corrected chi connectivity index (χ0v) is 9.55. The monoisotopic (exact) mass is 238 g/mol. The van der Waals surface area contributed by atoms with Crippen LogP contribution in [-0.2, 0) is 23.8 Å². The van der Waals surface area contributed by atoms with Crippen molar-refractivity contribution < 1.29 is 23.8 Å². The minimum atomic E-state index is -0.704. The van der Waals surface area contributed by atoms with Crippen LogP contribution in [0.5, 0.6) is 0 Å². The Morgan fingerprint density at radius 3 is 3.06 bits per heavy atom. The van der Waals surface area contributed by atoms with Gasteiger partial charge in [0.1, 0.15) is 0 Å². The molecule has 0 N–H and O–H groups in total. The van der Waals surface area contributed by atoms with Crippen molar-refractivity contribution in [1.29, 1.82) is 0 Å². The quantitative estimate of drug-likeness (QED) is 0.533. The second kappa shape index (κ2) is 4.61. The number of ether oxygens (including phenoxy) is 3. The molecule has 3 atom stereocenters. The van der Waals surface area contributed by atoms with Gasteiger partial charge in [0.15, 0.2) is 0 Å². The molecule has 0 radical (unpaired) electrons. The fourth-order valence-corrected chi connectivity index (χ4v) is 2.17. The largest absolute Gasteiger partial charge is 0.462 e. The third-order valence-electron chi connectivity index (χ3n) is 2.96. The van der Waals surface area contributed by atoms with Crippen molar-refractivity contribution in [2.24, 2.45) is 11.8 Å². The van der Waals surface area contributed by atoms with Crippen LogP contribution in [0.2, 0.25) is 0 Å². The maximum atomic E-state index is 11.5. The molecule has 0 aromatic carbocycles. The number of hydrogen-bond donors (Lipinski definition) is 0. The van der Waals surface area contributed by atoms with E-state index in [0.29, 0.717) is 18.6 Å². The Balaban J connectivity index is 2.23. The molecule has 0 amide bonds. The van der Waals surface area contributed by atoms with Crippen LogP contribution in [0.25, 0.3) is 0 Å². The summed E-state index contributed by atoms with van der Waals surface area (Å²) in [5, 5.41) is 0. The lowest BCUT2D eigenvalue weighted by molar-refractivity contribution is -0.181. The molecule has 2 aliphatic heterocycles. The Labute approximate surface area is 99.0 Å².